The molecule has 1 saturated carbocycles. The van der Waals surface area contributed by atoms with Crippen LogP contribution in [0.1, 0.15) is 50.2 Å². The average Bonchev–Trinajstić information content (AvgIpc) is 2.54. The molecule has 2 rings (SSSR count). The topological polar surface area (TPSA) is 64.3 Å². The Balaban J connectivity index is 1.79. The Labute approximate surface area is 127 Å². The zero-order chi connectivity index (χ0) is 15.1. The van der Waals surface area contributed by atoms with Crippen molar-refractivity contribution in [2.45, 2.75) is 58.2 Å². The molecule has 2 atom stereocenters. The Morgan fingerprint density at radius 2 is 2.00 bits per heavy atom. The van der Waals surface area contributed by atoms with E-state index in [1.165, 1.54) is 32.1 Å². The lowest BCUT2D eigenvalue weighted by atomic mass is 9.85. The number of rotatable bonds is 6. The van der Waals surface area contributed by atoms with Gasteiger partial charge < -0.3 is 4.74 Å². The predicted octanol–water partition coefficient (Wildman–Crippen LogP) is 2.70. The maximum absolute atomic E-state index is 11.2. The van der Waals surface area contributed by atoms with Crippen LogP contribution in [0.4, 0.5) is 0 Å². The van der Waals surface area contributed by atoms with E-state index in [1.807, 2.05) is 24.3 Å². The van der Waals surface area contributed by atoms with Gasteiger partial charge >= 0.3 is 0 Å². The number of carbonyl (C=O) groups excluding carboxylic acids is 1. The SMILES string of the molecule is CCC1CCCC(OCc2ccc(CC(=O)NN)cc2)C1. The first-order valence-corrected chi connectivity index (χ1v) is 7.90. The van der Waals surface area contributed by atoms with Gasteiger partial charge in [-0.15, -0.1) is 0 Å². The van der Waals surface area contributed by atoms with Crippen molar-refractivity contribution in [2.75, 3.05) is 0 Å². The number of carbonyl (C=O) groups is 1. The summed E-state index contributed by atoms with van der Waals surface area (Å²) in [6.45, 7) is 2.92. The highest BCUT2D eigenvalue weighted by Crippen LogP contribution is 2.28. The van der Waals surface area contributed by atoms with Crippen LogP contribution in [0.25, 0.3) is 0 Å². The molecule has 1 fully saturated rings. The molecule has 3 N–H and O–H groups in total. The Morgan fingerprint density at radius 3 is 2.67 bits per heavy atom. The summed E-state index contributed by atoms with van der Waals surface area (Å²) in [4.78, 5) is 11.2. The van der Waals surface area contributed by atoms with Crippen LogP contribution >= 0.6 is 0 Å². The molecule has 0 aromatic heterocycles. The molecule has 0 radical (unpaired) electrons. The smallest absolute Gasteiger partial charge is 0.238 e. The lowest BCUT2D eigenvalue weighted by Gasteiger charge is -2.28. The van der Waals surface area contributed by atoms with Crippen molar-refractivity contribution in [1.82, 2.24) is 5.43 Å². The van der Waals surface area contributed by atoms with Gasteiger partial charge in [0.2, 0.25) is 5.91 Å². The minimum atomic E-state index is -0.174. The Kier molecular flexibility index (Phi) is 6.21. The lowest BCUT2D eigenvalue weighted by Crippen LogP contribution is -2.31. The molecule has 4 heteroatoms. The summed E-state index contributed by atoms with van der Waals surface area (Å²) in [5.41, 5.74) is 4.26. The van der Waals surface area contributed by atoms with Gasteiger partial charge in [0.1, 0.15) is 0 Å². The quantitative estimate of drug-likeness (QED) is 0.481. The van der Waals surface area contributed by atoms with Crippen molar-refractivity contribution in [3.8, 4) is 0 Å². The van der Waals surface area contributed by atoms with E-state index < -0.39 is 0 Å². The molecule has 2 unspecified atom stereocenters. The highest BCUT2D eigenvalue weighted by molar-refractivity contribution is 5.77. The van der Waals surface area contributed by atoms with E-state index in [9.17, 15) is 4.79 Å². The fourth-order valence-electron chi connectivity index (χ4n) is 2.97. The van der Waals surface area contributed by atoms with Crippen LogP contribution in [0.15, 0.2) is 24.3 Å². The molecule has 0 heterocycles. The van der Waals surface area contributed by atoms with Gasteiger partial charge in [0.25, 0.3) is 0 Å². The first kappa shape index (κ1) is 16.0. The third-order valence-electron chi connectivity index (χ3n) is 4.35. The molecular weight excluding hydrogens is 264 g/mol. The Hall–Kier alpha value is -1.39. The largest absolute Gasteiger partial charge is 0.374 e. The predicted molar refractivity (Wildman–Crippen MR) is 83.3 cm³/mol. The van der Waals surface area contributed by atoms with Crippen LogP contribution in [-0.2, 0) is 22.6 Å². The van der Waals surface area contributed by atoms with Gasteiger partial charge in [-0.25, -0.2) is 5.84 Å². The van der Waals surface area contributed by atoms with Gasteiger partial charge in [-0.05, 0) is 29.9 Å². The number of hydrazine groups is 1. The molecule has 1 aliphatic carbocycles. The summed E-state index contributed by atoms with van der Waals surface area (Å²) >= 11 is 0. The van der Waals surface area contributed by atoms with E-state index in [2.05, 4.69) is 12.3 Å². The van der Waals surface area contributed by atoms with Crippen molar-refractivity contribution >= 4 is 5.91 Å². The van der Waals surface area contributed by atoms with Crippen molar-refractivity contribution in [3.63, 3.8) is 0 Å². The standard InChI is InChI=1S/C17H26N2O2/c1-2-13-4-3-5-16(10-13)21-12-15-8-6-14(7-9-15)11-17(20)19-18/h6-9,13,16H,2-5,10-12,18H2,1H3,(H,19,20). The van der Waals surface area contributed by atoms with E-state index in [4.69, 9.17) is 10.6 Å². The van der Waals surface area contributed by atoms with E-state index in [1.54, 1.807) is 0 Å². The van der Waals surface area contributed by atoms with Crippen LogP contribution in [0.2, 0.25) is 0 Å². The summed E-state index contributed by atoms with van der Waals surface area (Å²) in [5, 5.41) is 0. The zero-order valence-corrected chi connectivity index (χ0v) is 12.8. The van der Waals surface area contributed by atoms with Gasteiger partial charge in [-0.1, -0.05) is 50.5 Å². The van der Waals surface area contributed by atoms with Crippen LogP contribution < -0.4 is 11.3 Å². The molecule has 1 amide bonds. The van der Waals surface area contributed by atoms with Crippen LogP contribution in [-0.4, -0.2) is 12.0 Å². The maximum Gasteiger partial charge on any atom is 0.238 e. The van der Waals surface area contributed by atoms with Gasteiger partial charge in [-0.3, -0.25) is 10.2 Å². The maximum atomic E-state index is 11.2. The molecular formula is C17H26N2O2. The molecule has 4 nitrogen and oxygen atoms in total. The summed E-state index contributed by atoms with van der Waals surface area (Å²) < 4.78 is 6.04. The first-order chi connectivity index (χ1) is 10.2. The van der Waals surface area contributed by atoms with Gasteiger partial charge in [0, 0.05) is 0 Å². The zero-order valence-electron chi connectivity index (χ0n) is 12.8. The Morgan fingerprint density at radius 1 is 1.29 bits per heavy atom. The van der Waals surface area contributed by atoms with Crippen LogP contribution in [0.5, 0.6) is 0 Å². The summed E-state index contributed by atoms with van der Waals surface area (Å²) in [7, 11) is 0. The third-order valence-corrected chi connectivity index (χ3v) is 4.35. The second kappa shape index (κ2) is 8.15. The normalized spacial score (nSPS) is 22.0. The lowest BCUT2D eigenvalue weighted by molar-refractivity contribution is -0.120. The molecule has 1 aliphatic rings. The fourth-order valence-corrected chi connectivity index (χ4v) is 2.97. The van der Waals surface area contributed by atoms with Crippen LogP contribution in [0, 0.1) is 5.92 Å². The van der Waals surface area contributed by atoms with E-state index in [0.717, 1.165) is 17.0 Å². The van der Waals surface area contributed by atoms with Gasteiger partial charge in [0.15, 0.2) is 0 Å². The first-order valence-electron chi connectivity index (χ1n) is 7.90. The molecule has 21 heavy (non-hydrogen) atoms. The molecule has 0 spiro atoms. The number of hydrogen-bond acceptors (Lipinski definition) is 3. The number of hydrogen-bond donors (Lipinski definition) is 2. The summed E-state index contributed by atoms with van der Waals surface area (Å²) in [6, 6.07) is 7.98. The van der Waals surface area contributed by atoms with E-state index in [-0.39, 0.29) is 5.91 Å². The molecule has 0 saturated heterocycles. The molecule has 116 valence electrons. The number of nitrogens with one attached hydrogen (secondary N) is 1. The second-order valence-electron chi connectivity index (χ2n) is 5.93. The monoisotopic (exact) mass is 290 g/mol. The second-order valence-corrected chi connectivity index (χ2v) is 5.93. The number of ether oxygens (including phenoxy) is 1. The van der Waals surface area contributed by atoms with Crippen LogP contribution in [0.3, 0.4) is 0 Å². The highest BCUT2D eigenvalue weighted by Gasteiger charge is 2.21. The van der Waals surface area contributed by atoms with E-state index in [0.29, 0.717) is 19.1 Å². The summed E-state index contributed by atoms with van der Waals surface area (Å²) in [6.07, 6.45) is 7.02. The number of benzene rings is 1. The molecule has 1 aromatic rings. The highest BCUT2D eigenvalue weighted by atomic mass is 16.5. The number of nitrogens with two attached hydrogens (primary N) is 1. The van der Waals surface area contributed by atoms with Crippen molar-refractivity contribution < 1.29 is 9.53 Å². The molecule has 1 aromatic carbocycles. The summed E-state index contributed by atoms with van der Waals surface area (Å²) in [5.74, 6) is 5.74. The minimum Gasteiger partial charge on any atom is -0.374 e. The van der Waals surface area contributed by atoms with Gasteiger partial charge in [0.05, 0.1) is 19.1 Å². The fraction of sp³-hybridized carbons (Fsp3) is 0.588. The molecule has 0 bridgehead atoms. The number of amides is 1. The third kappa shape index (κ3) is 5.14. The Bertz CT molecular complexity index is 445. The average molecular weight is 290 g/mol. The minimum absolute atomic E-state index is 0.174. The van der Waals surface area contributed by atoms with Crippen molar-refractivity contribution in [2.24, 2.45) is 11.8 Å². The van der Waals surface area contributed by atoms with E-state index >= 15 is 0 Å². The van der Waals surface area contributed by atoms with Crippen molar-refractivity contribution in [3.05, 3.63) is 35.4 Å². The van der Waals surface area contributed by atoms with Gasteiger partial charge in [-0.2, -0.15) is 0 Å². The molecule has 0 aliphatic heterocycles. The van der Waals surface area contributed by atoms with Crippen molar-refractivity contribution in [1.29, 1.82) is 0 Å².